The summed E-state index contributed by atoms with van der Waals surface area (Å²) in [6, 6.07) is 8.31. The van der Waals surface area contributed by atoms with Gasteiger partial charge >= 0.3 is 0 Å². The van der Waals surface area contributed by atoms with Crippen LogP contribution in [0.15, 0.2) is 29.3 Å². The quantitative estimate of drug-likeness (QED) is 0.390. The predicted octanol–water partition coefficient (Wildman–Crippen LogP) is 3.35. The molecule has 126 valence electrons. The second kappa shape index (κ2) is 12.0. The number of halogens is 2. The normalized spacial score (nSPS) is 12.7. The zero-order valence-corrected chi connectivity index (χ0v) is 17.0. The minimum absolute atomic E-state index is 0. The Kier molecular flexibility index (Phi) is 11.7. The topological polar surface area (TPSA) is 39.7 Å². The molecule has 1 aromatic rings. The van der Waals surface area contributed by atoms with Crippen LogP contribution in [-0.2, 0) is 6.54 Å². The van der Waals surface area contributed by atoms with Crippen LogP contribution in [0, 0.1) is 0 Å². The van der Waals surface area contributed by atoms with Crippen LogP contribution in [0.5, 0.6) is 0 Å². The molecule has 0 aromatic heterocycles. The Morgan fingerprint density at radius 1 is 1.18 bits per heavy atom. The van der Waals surface area contributed by atoms with E-state index in [4.69, 9.17) is 11.6 Å². The van der Waals surface area contributed by atoms with Gasteiger partial charge in [-0.2, -0.15) is 0 Å². The highest BCUT2D eigenvalue weighted by Gasteiger charge is 2.10. The van der Waals surface area contributed by atoms with Crippen molar-refractivity contribution in [3.63, 3.8) is 0 Å². The Balaban J connectivity index is 0.00000441. The Labute approximate surface area is 156 Å². The fraction of sp³-hybridized carbons (Fsp3) is 0.562. The summed E-state index contributed by atoms with van der Waals surface area (Å²) in [5, 5.41) is 7.44. The van der Waals surface area contributed by atoms with Crippen molar-refractivity contribution in [3.8, 4) is 0 Å². The summed E-state index contributed by atoms with van der Waals surface area (Å²) >= 11 is 5.88. The first-order chi connectivity index (χ1) is 10.1. The highest BCUT2D eigenvalue weighted by Crippen LogP contribution is 2.09. The van der Waals surface area contributed by atoms with Gasteiger partial charge < -0.3 is 10.6 Å². The van der Waals surface area contributed by atoms with Crippen LogP contribution < -0.4 is 10.6 Å². The lowest BCUT2D eigenvalue weighted by atomic mass is 10.2. The van der Waals surface area contributed by atoms with Crippen LogP contribution in [0.3, 0.4) is 0 Å². The molecule has 0 fully saturated rings. The number of guanidine groups is 1. The Morgan fingerprint density at radius 2 is 1.77 bits per heavy atom. The molecule has 1 unspecified atom stereocenters. The maximum atomic E-state index is 5.88. The van der Waals surface area contributed by atoms with Gasteiger partial charge in [0, 0.05) is 31.2 Å². The van der Waals surface area contributed by atoms with Crippen molar-refractivity contribution < 1.29 is 0 Å². The van der Waals surface area contributed by atoms with Crippen molar-refractivity contribution in [2.24, 2.45) is 4.99 Å². The molecule has 22 heavy (non-hydrogen) atoms. The Morgan fingerprint density at radius 3 is 2.27 bits per heavy atom. The third kappa shape index (κ3) is 7.65. The zero-order chi connectivity index (χ0) is 15.7. The smallest absolute Gasteiger partial charge is 0.191 e. The maximum Gasteiger partial charge on any atom is 0.191 e. The molecule has 0 saturated carbocycles. The van der Waals surface area contributed by atoms with Gasteiger partial charge in [0.15, 0.2) is 5.96 Å². The number of nitrogens with one attached hydrogen (secondary N) is 2. The van der Waals surface area contributed by atoms with E-state index >= 15 is 0 Å². The number of hydrogen-bond acceptors (Lipinski definition) is 2. The Bertz CT molecular complexity index is 432. The van der Waals surface area contributed by atoms with Crippen LogP contribution in [0.4, 0.5) is 0 Å². The summed E-state index contributed by atoms with van der Waals surface area (Å²) in [6.07, 6.45) is 0. The number of aliphatic imine (C=N–C) groups is 1. The molecule has 2 N–H and O–H groups in total. The van der Waals surface area contributed by atoms with Gasteiger partial charge in [-0.1, -0.05) is 37.6 Å². The van der Waals surface area contributed by atoms with Crippen LogP contribution in [0.2, 0.25) is 5.02 Å². The largest absolute Gasteiger partial charge is 0.355 e. The molecule has 0 saturated heterocycles. The summed E-state index contributed by atoms with van der Waals surface area (Å²) in [6.45, 7) is 10.3. The van der Waals surface area contributed by atoms with Crippen LogP contribution in [0.1, 0.15) is 26.3 Å². The molecule has 0 heterocycles. The first-order valence-electron chi connectivity index (χ1n) is 7.53. The van der Waals surface area contributed by atoms with E-state index in [2.05, 4.69) is 41.3 Å². The van der Waals surface area contributed by atoms with E-state index in [1.54, 1.807) is 7.05 Å². The highest BCUT2D eigenvalue weighted by atomic mass is 127. The first kappa shape index (κ1) is 21.5. The van der Waals surface area contributed by atoms with Gasteiger partial charge in [-0.05, 0) is 37.7 Å². The van der Waals surface area contributed by atoms with E-state index in [1.807, 2.05) is 24.3 Å². The average Bonchev–Trinajstić information content (AvgIpc) is 2.50. The van der Waals surface area contributed by atoms with E-state index < -0.39 is 0 Å². The molecule has 0 bridgehead atoms. The minimum Gasteiger partial charge on any atom is -0.355 e. The molecule has 0 aliphatic heterocycles. The van der Waals surface area contributed by atoms with Crippen LogP contribution >= 0.6 is 35.6 Å². The SMILES string of the molecule is CCN(CC)C(C)CNC(=NC)NCc1ccc(Cl)cc1.I. The van der Waals surface area contributed by atoms with E-state index in [0.717, 1.165) is 37.2 Å². The van der Waals surface area contributed by atoms with Crippen molar-refractivity contribution in [1.82, 2.24) is 15.5 Å². The molecule has 6 heteroatoms. The zero-order valence-electron chi connectivity index (χ0n) is 13.9. The third-order valence-corrected chi connectivity index (χ3v) is 3.85. The summed E-state index contributed by atoms with van der Waals surface area (Å²) in [4.78, 5) is 6.67. The summed E-state index contributed by atoms with van der Waals surface area (Å²) in [5.74, 6) is 0.823. The molecule has 1 rings (SSSR count). The van der Waals surface area contributed by atoms with Crippen molar-refractivity contribution >= 4 is 41.5 Å². The molecule has 4 nitrogen and oxygen atoms in total. The van der Waals surface area contributed by atoms with Gasteiger partial charge in [0.25, 0.3) is 0 Å². The lowest BCUT2D eigenvalue weighted by Crippen LogP contribution is -2.45. The summed E-state index contributed by atoms with van der Waals surface area (Å²) < 4.78 is 0. The molecule has 0 spiro atoms. The number of nitrogens with zero attached hydrogens (tertiary/aromatic N) is 2. The monoisotopic (exact) mass is 438 g/mol. The van der Waals surface area contributed by atoms with Crippen molar-refractivity contribution in [2.75, 3.05) is 26.7 Å². The average molecular weight is 439 g/mol. The van der Waals surface area contributed by atoms with Crippen LogP contribution in [-0.4, -0.2) is 43.6 Å². The minimum atomic E-state index is 0. The fourth-order valence-corrected chi connectivity index (χ4v) is 2.36. The second-order valence-corrected chi connectivity index (χ2v) is 5.44. The van der Waals surface area contributed by atoms with E-state index in [-0.39, 0.29) is 24.0 Å². The first-order valence-corrected chi connectivity index (χ1v) is 7.91. The van der Waals surface area contributed by atoms with Gasteiger partial charge in [-0.3, -0.25) is 9.89 Å². The molecule has 0 amide bonds. The standard InChI is InChI=1S/C16H27ClN4.HI/c1-5-21(6-2)13(3)11-19-16(18-4)20-12-14-7-9-15(17)10-8-14;/h7-10,13H,5-6,11-12H2,1-4H3,(H2,18,19,20);1H. The molecule has 0 radical (unpaired) electrons. The van der Waals surface area contributed by atoms with Crippen molar-refractivity contribution in [3.05, 3.63) is 34.9 Å². The van der Waals surface area contributed by atoms with Gasteiger partial charge in [0.2, 0.25) is 0 Å². The van der Waals surface area contributed by atoms with E-state index in [1.165, 1.54) is 5.56 Å². The molecule has 1 atom stereocenters. The summed E-state index contributed by atoms with van der Waals surface area (Å²) in [7, 11) is 1.79. The number of rotatable bonds is 7. The lowest BCUT2D eigenvalue weighted by molar-refractivity contribution is 0.231. The van der Waals surface area contributed by atoms with Gasteiger partial charge in [0.1, 0.15) is 0 Å². The van der Waals surface area contributed by atoms with Gasteiger partial charge in [0.05, 0.1) is 0 Å². The molecular weight excluding hydrogens is 411 g/mol. The van der Waals surface area contributed by atoms with Gasteiger partial charge in [-0.25, -0.2) is 0 Å². The number of hydrogen-bond donors (Lipinski definition) is 2. The highest BCUT2D eigenvalue weighted by molar-refractivity contribution is 14.0. The van der Waals surface area contributed by atoms with E-state index in [9.17, 15) is 0 Å². The molecular formula is C16H28ClIN4. The van der Waals surface area contributed by atoms with Crippen molar-refractivity contribution in [1.29, 1.82) is 0 Å². The van der Waals surface area contributed by atoms with E-state index in [0.29, 0.717) is 6.04 Å². The summed E-state index contributed by atoms with van der Waals surface area (Å²) in [5.41, 5.74) is 1.18. The second-order valence-electron chi connectivity index (χ2n) is 5.00. The Hall–Kier alpha value is -0.530. The molecule has 1 aromatic carbocycles. The number of likely N-dealkylation sites (N-methyl/N-ethyl adjacent to an activating group) is 1. The molecule has 0 aliphatic rings. The van der Waals surface area contributed by atoms with Gasteiger partial charge in [-0.15, -0.1) is 24.0 Å². The lowest BCUT2D eigenvalue weighted by Gasteiger charge is -2.27. The fourth-order valence-electron chi connectivity index (χ4n) is 2.23. The molecule has 0 aliphatic carbocycles. The van der Waals surface area contributed by atoms with Crippen molar-refractivity contribution in [2.45, 2.75) is 33.4 Å². The van der Waals surface area contributed by atoms with Crippen LogP contribution in [0.25, 0.3) is 0 Å². The predicted molar refractivity (Wildman–Crippen MR) is 107 cm³/mol. The number of benzene rings is 1. The third-order valence-electron chi connectivity index (χ3n) is 3.60. The maximum absolute atomic E-state index is 5.88.